The summed E-state index contributed by atoms with van der Waals surface area (Å²) in [6.45, 7) is -2.20. The first-order chi connectivity index (χ1) is 14.4. The van der Waals surface area contributed by atoms with E-state index in [0.717, 1.165) is 18.5 Å². The molecule has 0 radical (unpaired) electrons. The van der Waals surface area contributed by atoms with Crippen LogP contribution in [0.5, 0.6) is 5.75 Å². The van der Waals surface area contributed by atoms with E-state index in [9.17, 15) is 23.2 Å². The van der Waals surface area contributed by atoms with E-state index in [4.69, 9.17) is 4.74 Å². The SMILES string of the molecule is O=C(COC(=O)c1ccc(CN2CCCC2=O)cc1)Nc1ccc(OC(F)F)cc1. The second-order valence-corrected chi connectivity index (χ2v) is 6.64. The molecule has 0 atom stereocenters. The number of likely N-dealkylation sites (tertiary alicyclic amines) is 1. The number of hydrogen-bond acceptors (Lipinski definition) is 5. The highest BCUT2D eigenvalue weighted by Crippen LogP contribution is 2.18. The number of halogens is 2. The van der Waals surface area contributed by atoms with E-state index in [1.54, 1.807) is 29.2 Å². The van der Waals surface area contributed by atoms with Crippen LogP contribution in [-0.2, 0) is 20.9 Å². The first kappa shape index (κ1) is 21.2. The van der Waals surface area contributed by atoms with Gasteiger partial charge in [-0.1, -0.05) is 12.1 Å². The Balaban J connectivity index is 1.45. The number of esters is 1. The van der Waals surface area contributed by atoms with Gasteiger partial charge in [0.25, 0.3) is 5.91 Å². The van der Waals surface area contributed by atoms with Crippen molar-refractivity contribution in [1.82, 2.24) is 4.90 Å². The quantitative estimate of drug-likeness (QED) is 0.666. The number of carbonyl (C=O) groups is 3. The molecule has 0 aliphatic carbocycles. The van der Waals surface area contributed by atoms with Gasteiger partial charge in [-0.25, -0.2) is 4.79 Å². The molecule has 0 unspecified atom stereocenters. The van der Waals surface area contributed by atoms with E-state index in [-0.39, 0.29) is 17.2 Å². The molecule has 2 aromatic rings. The molecule has 1 aliphatic rings. The maximum Gasteiger partial charge on any atom is 0.387 e. The molecule has 9 heteroatoms. The monoisotopic (exact) mass is 418 g/mol. The Bertz CT molecular complexity index is 901. The lowest BCUT2D eigenvalue weighted by Gasteiger charge is -2.15. The van der Waals surface area contributed by atoms with Crippen molar-refractivity contribution in [2.45, 2.75) is 26.0 Å². The molecular formula is C21H20F2N2O5. The standard InChI is InChI=1S/C21H20F2N2O5/c22-21(23)30-17-9-7-16(8-10-17)24-18(26)13-29-20(28)15-5-3-14(4-6-15)12-25-11-1-2-19(25)27/h3-10,21H,1-2,11-13H2,(H,24,26). The Kier molecular flexibility index (Phi) is 6.95. The molecule has 1 fully saturated rings. The van der Waals surface area contributed by atoms with Gasteiger partial charge in [0.15, 0.2) is 6.61 Å². The fourth-order valence-corrected chi connectivity index (χ4v) is 2.97. The summed E-state index contributed by atoms with van der Waals surface area (Å²) in [4.78, 5) is 37.5. The van der Waals surface area contributed by atoms with Gasteiger partial charge < -0.3 is 19.7 Å². The number of benzene rings is 2. The molecule has 7 nitrogen and oxygen atoms in total. The molecule has 0 saturated carbocycles. The molecule has 2 amide bonds. The van der Waals surface area contributed by atoms with Crippen molar-refractivity contribution in [3.8, 4) is 5.75 Å². The van der Waals surface area contributed by atoms with Crippen LogP contribution in [0.4, 0.5) is 14.5 Å². The van der Waals surface area contributed by atoms with Crippen LogP contribution >= 0.6 is 0 Å². The molecule has 2 aromatic carbocycles. The number of hydrogen-bond donors (Lipinski definition) is 1. The van der Waals surface area contributed by atoms with E-state index in [2.05, 4.69) is 10.1 Å². The van der Waals surface area contributed by atoms with Crippen LogP contribution in [0.3, 0.4) is 0 Å². The molecule has 0 bridgehead atoms. The van der Waals surface area contributed by atoms with Crippen LogP contribution in [-0.4, -0.2) is 42.4 Å². The Morgan fingerprint density at radius 2 is 1.77 bits per heavy atom. The van der Waals surface area contributed by atoms with Crippen molar-refractivity contribution in [1.29, 1.82) is 0 Å². The Morgan fingerprint density at radius 1 is 1.07 bits per heavy atom. The molecule has 0 aromatic heterocycles. The summed E-state index contributed by atoms with van der Waals surface area (Å²) in [5.41, 5.74) is 1.53. The second-order valence-electron chi connectivity index (χ2n) is 6.64. The lowest BCUT2D eigenvalue weighted by Crippen LogP contribution is -2.23. The summed E-state index contributed by atoms with van der Waals surface area (Å²) in [6.07, 6.45) is 1.43. The number of alkyl halides is 2. The van der Waals surface area contributed by atoms with Gasteiger partial charge in [0.2, 0.25) is 5.91 Å². The number of ether oxygens (including phenoxy) is 2. The van der Waals surface area contributed by atoms with Crippen LogP contribution in [0.15, 0.2) is 48.5 Å². The molecule has 1 heterocycles. The summed E-state index contributed by atoms with van der Waals surface area (Å²) in [5, 5.41) is 2.49. The normalized spacial score (nSPS) is 13.4. The number of rotatable bonds is 8. The van der Waals surface area contributed by atoms with E-state index in [1.807, 2.05) is 0 Å². The van der Waals surface area contributed by atoms with Gasteiger partial charge in [-0.05, 0) is 48.4 Å². The van der Waals surface area contributed by atoms with Gasteiger partial charge in [0.1, 0.15) is 5.75 Å². The Labute approximate surface area is 171 Å². The van der Waals surface area contributed by atoms with Crippen LogP contribution < -0.4 is 10.1 Å². The minimum atomic E-state index is -2.93. The minimum absolute atomic E-state index is 0.0352. The minimum Gasteiger partial charge on any atom is -0.452 e. The summed E-state index contributed by atoms with van der Waals surface area (Å²) >= 11 is 0. The van der Waals surface area contributed by atoms with Gasteiger partial charge >= 0.3 is 12.6 Å². The molecule has 1 aliphatic heterocycles. The third-order valence-corrected chi connectivity index (χ3v) is 4.43. The van der Waals surface area contributed by atoms with Crippen molar-refractivity contribution in [3.63, 3.8) is 0 Å². The van der Waals surface area contributed by atoms with Crippen LogP contribution in [0, 0.1) is 0 Å². The Hall–Kier alpha value is -3.49. The molecule has 3 rings (SSSR count). The van der Waals surface area contributed by atoms with Gasteiger partial charge in [-0.3, -0.25) is 9.59 Å². The fraction of sp³-hybridized carbons (Fsp3) is 0.286. The topological polar surface area (TPSA) is 84.9 Å². The molecule has 30 heavy (non-hydrogen) atoms. The predicted octanol–water partition coefficient (Wildman–Crippen LogP) is 3.21. The van der Waals surface area contributed by atoms with Crippen LogP contribution in [0.2, 0.25) is 0 Å². The number of carbonyl (C=O) groups excluding carboxylic acids is 3. The van der Waals surface area contributed by atoms with Gasteiger partial charge in [0, 0.05) is 25.2 Å². The largest absolute Gasteiger partial charge is 0.452 e. The van der Waals surface area contributed by atoms with E-state index >= 15 is 0 Å². The highest BCUT2D eigenvalue weighted by molar-refractivity contribution is 5.95. The van der Waals surface area contributed by atoms with Crippen molar-refractivity contribution in [2.75, 3.05) is 18.5 Å². The van der Waals surface area contributed by atoms with Crippen LogP contribution in [0.1, 0.15) is 28.8 Å². The maximum atomic E-state index is 12.1. The Morgan fingerprint density at radius 3 is 2.37 bits per heavy atom. The number of nitrogens with zero attached hydrogens (tertiary/aromatic N) is 1. The zero-order valence-electron chi connectivity index (χ0n) is 16.0. The first-order valence-electron chi connectivity index (χ1n) is 9.29. The highest BCUT2D eigenvalue weighted by atomic mass is 19.3. The van der Waals surface area contributed by atoms with Crippen molar-refractivity contribution < 1.29 is 32.6 Å². The lowest BCUT2D eigenvalue weighted by molar-refractivity contribution is -0.128. The summed E-state index contributed by atoms with van der Waals surface area (Å²) < 4.78 is 33.4. The van der Waals surface area contributed by atoms with Gasteiger partial charge in [0.05, 0.1) is 5.56 Å². The molecule has 0 spiro atoms. The maximum absolute atomic E-state index is 12.1. The lowest BCUT2D eigenvalue weighted by atomic mass is 10.1. The number of nitrogens with one attached hydrogen (secondary N) is 1. The zero-order chi connectivity index (χ0) is 21.5. The molecular weight excluding hydrogens is 398 g/mol. The number of amides is 2. The van der Waals surface area contributed by atoms with Crippen LogP contribution in [0.25, 0.3) is 0 Å². The second kappa shape index (κ2) is 9.82. The van der Waals surface area contributed by atoms with E-state index in [0.29, 0.717) is 18.7 Å². The average molecular weight is 418 g/mol. The smallest absolute Gasteiger partial charge is 0.387 e. The molecule has 1 saturated heterocycles. The van der Waals surface area contributed by atoms with Gasteiger partial charge in [-0.2, -0.15) is 8.78 Å². The number of anilines is 1. The van der Waals surface area contributed by atoms with E-state index < -0.39 is 25.1 Å². The summed E-state index contributed by atoms with van der Waals surface area (Å²) in [6, 6.07) is 12.0. The molecule has 158 valence electrons. The van der Waals surface area contributed by atoms with Gasteiger partial charge in [-0.15, -0.1) is 0 Å². The highest BCUT2D eigenvalue weighted by Gasteiger charge is 2.20. The molecule has 1 N–H and O–H groups in total. The first-order valence-corrected chi connectivity index (χ1v) is 9.29. The third kappa shape index (κ3) is 6.00. The van der Waals surface area contributed by atoms with Crippen molar-refractivity contribution in [2.24, 2.45) is 0 Å². The predicted molar refractivity (Wildman–Crippen MR) is 103 cm³/mol. The summed E-state index contributed by atoms with van der Waals surface area (Å²) in [7, 11) is 0. The van der Waals surface area contributed by atoms with Crippen molar-refractivity contribution in [3.05, 3.63) is 59.7 Å². The third-order valence-electron chi connectivity index (χ3n) is 4.43. The summed E-state index contributed by atoms with van der Waals surface area (Å²) in [5.74, 6) is -1.14. The van der Waals surface area contributed by atoms with Crippen molar-refractivity contribution >= 4 is 23.5 Å². The zero-order valence-corrected chi connectivity index (χ0v) is 16.0. The fourth-order valence-electron chi connectivity index (χ4n) is 2.97. The van der Waals surface area contributed by atoms with E-state index in [1.165, 1.54) is 24.3 Å². The average Bonchev–Trinajstić information content (AvgIpc) is 3.12.